The summed E-state index contributed by atoms with van der Waals surface area (Å²) in [6, 6.07) is 17.4. The van der Waals surface area contributed by atoms with Crippen molar-refractivity contribution < 1.29 is 14.4 Å². The number of hydrogen-bond acceptors (Lipinski definition) is 4. The van der Waals surface area contributed by atoms with Gasteiger partial charge in [0.15, 0.2) is 0 Å². The average molecular weight is 451 g/mol. The maximum absolute atomic E-state index is 12.9. The number of carbonyl (C=O) groups is 3. The highest BCUT2D eigenvalue weighted by Gasteiger charge is 2.25. The number of halogens is 1. The summed E-state index contributed by atoms with van der Waals surface area (Å²) < 4.78 is 0. The largest absolute Gasteiger partial charge is 0.340 e. The number of rotatable bonds is 7. The average Bonchev–Trinajstić information content (AvgIpc) is 2.78. The molecular formula is C24H23ClN4O3. The minimum absolute atomic E-state index is 0.165. The van der Waals surface area contributed by atoms with Crippen molar-refractivity contribution in [2.45, 2.75) is 19.9 Å². The number of carbonyl (C=O) groups excluding carboxylic acids is 3. The molecule has 3 rings (SSSR count). The molecule has 164 valence electrons. The minimum atomic E-state index is -0.774. The molecule has 3 aromatic rings. The Hall–Kier alpha value is -3.71. The third-order valence-corrected chi connectivity index (χ3v) is 4.89. The van der Waals surface area contributed by atoms with Crippen molar-refractivity contribution in [3.8, 4) is 0 Å². The Labute approximate surface area is 191 Å². The number of aromatic nitrogens is 1. The Balaban J connectivity index is 1.68. The second-order valence-electron chi connectivity index (χ2n) is 7.44. The van der Waals surface area contributed by atoms with E-state index in [0.29, 0.717) is 27.7 Å². The molecular weight excluding hydrogens is 428 g/mol. The van der Waals surface area contributed by atoms with Gasteiger partial charge in [0.2, 0.25) is 5.91 Å². The van der Waals surface area contributed by atoms with Crippen LogP contribution in [0.2, 0.25) is 5.02 Å². The van der Waals surface area contributed by atoms with Gasteiger partial charge in [-0.25, -0.2) is 4.98 Å². The van der Waals surface area contributed by atoms with Gasteiger partial charge in [0.1, 0.15) is 11.9 Å². The Morgan fingerprint density at radius 2 is 1.59 bits per heavy atom. The van der Waals surface area contributed by atoms with Crippen LogP contribution in [0, 0.1) is 5.92 Å². The maximum atomic E-state index is 12.9. The van der Waals surface area contributed by atoms with Crippen LogP contribution >= 0.6 is 11.6 Å². The lowest BCUT2D eigenvalue weighted by molar-refractivity contribution is -0.118. The Bertz CT molecular complexity index is 1100. The molecule has 3 N–H and O–H groups in total. The highest BCUT2D eigenvalue weighted by atomic mass is 35.5. The van der Waals surface area contributed by atoms with Crippen molar-refractivity contribution in [2.75, 3.05) is 10.6 Å². The smallest absolute Gasteiger partial charge is 0.256 e. The zero-order valence-electron chi connectivity index (χ0n) is 17.6. The van der Waals surface area contributed by atoms with Gasteiger partial charge in [0.25, 0.3) is 11.8 Å². The van der Waals surface area contributed by atoms with Crippen molar-refractivity contribution in [3.63, 3.8) is 0 Å². The zero-order chi connectivity index (χ0) is 23.1. The Morgan fingerprint density at radius 3 is 2.25 bits per heavy atom. The lowest BCUT2D eigenvalue weighted by Crippen LogP contribution is -2.47. The summed E-state index contributed by atoms with van der Waals surface area (Å²) in [5.74, 6) is -0.849. The molecule has 2 aromatic carbocycles. The molecule has 3 amide bonds. The zero-order valence-corrected chi connectivity index (χ0v) is 18.4. The Morgan fingerprint density at radius 1 is 0.844 bits per heavy atom. The first kappa shape index (κ1) is 23.0. The molecule has 1 atom stereocenters. The van der Waals surface area contributed by atoms with E-state index in [1.54, 1.807) is 72.9 Å². The summed E-state index contributed by atoms with van der Waals surface area (Å²) in [6.45, 7) is 3.67. The molecule has 0 radical (unpaired) electrons. The van der Waals surface area contributed by atoms with Gasteiger partial charge in [-0.3, -0.25) is 14.4 Å². The number of nitrogens with zero attached hydrogens (tertiary/aromatic N) is 1. The van der Waals surface area contributed by atoms with E-state index >= 15 is 0 Å². The summed E-state index contributed by atoms with van der Waals surface area (Å²) in [6.07, 6.45) is 1.58. The van der Waals surface area contributed by atoms with Crippen molar-refractivity contribution in [2.24, 2.45) is 5.92 Å². The molecule has 0 saturated heterocycles. The van der Waals surface area contributed by atoms with Crippen molar-refractivity contribution in [1.82, 2.24) is 10.3 Å². The van der Waals surface area contributed by atoms with Crippen molar-refractivity contribution in [1.29, 1.82) is 0 Å². The molecule has 0 bridgehead atoms. The van der Waals surface area contributed by atoms with Gasteiger partial charge in [0, 0.05) is 28.0 Å². The topological polar surface area (TPSA) is 100 Å². The lowest BCUT2D eigenvalue weighted by atomic mass is 10.0. The van der Waals surface area contributed by atoms with Crippen LogP contribution in [0.4, 0.5) is 11.5 Å². The van der Waals surface area contributed by atoms with Crippen LogP contribution in [0.15, 0.2) is 72.9 Å². The van der Waals surface area contributed by atoms with Gasteiger partial charge < -0.3 is 16.0 Å². The molecule has 1 aromatic heterocycles. The second-order valence-corrected chi connectivity index (χ2v) is 7.88. The quantitative estimate of drug-likeness (QED) is 0.497. The fraction of sp³-hybridized carbons (Fsp3) is 0.167. The van der Waals surface area contributed by atoms with Crippen LogP contribution in [0.3, 0.4) is 0 Å². The summed E-state index contributed by atoms with van der Waals surface area (Å²) in [5, 5.41) is 8.76. The molecule has 1 heterocycles. The molecule has 0 aliphatic carbocycles. The van der Waals surface area contributed by atoms with Crippen LogP contribution < -0.4 is 16.0 Å². The van der Waals surface area contributed by atoms with Gasteiger partial charge in [-0.2, -0.15) is 0 Å². The van der Waals surface area contributed by atoms with Crippen LogP contribution in [-0.2, 0) is 4.79 Å². The van der Waals surface area contributed by atoms with E-state index in [1.807, 2.05) is 13.8 Å². The van der Waals surface area contributed by atoms with Crippen molar-refractivity contribution >= 4 is 40.8 Å². The normalized spacial score (nSPS) is 11.5. The van der Waals surface area contributed by atoms with Crippen LogP contribution in [-0.4, -0.2) is 28.7 Å². The Kier molecular flexibility index (Phi) is 7.57. The van der Waals surface area contributed by atoms with Gasteiger partial charge in [-0.1, -0.05) is 37.6 Å². The molecule has 0 aliphatic rings. The molecule has 7 nitrogen and oxygen atoms in total. The predicted molar refractivity (Wildman–Crippen MR) is 125 cm³/mol. The van der Waals surface area contributed by atoms with Crippen LogP contribution in [0.5, 0.6) is 0 Å². The SMILES string of the molecule is CC(C)[C@@H](NC(=O)c1ccc(Cl)cc1)C(=O)Nc1cccc(C(=O)Nc2ccccn2)c1. The summed E-state index contributed by atoms with van der Waals surface area (Å²) in [7, 11) is 0. The summed E-state index contributed by atoms with van der Waals surface area (Å²) in [4.78, 5) is 42.0. The van der Waals surface area contributed by atoms with E-state index in [4.69, 9.17) is 11.6 Å². The van der Waals surface area contributed by atoms with Crippen LogP contribution in [0.1, 0.15) is 34.6 Å². The molecule has 8 heteroatoms. The molecule has 32 heavy (non-hydrogen) atoms. The van der Waals surface area contributed by atoms with E-state index in [0.717, 1.165) is 0 Å². The maximum Gasteiger partial charge on any atom is 0.256 e. The van der Waals surface area contributed by atoms with E-state index in [9.17, 15) is 14.4 Å². The van der Waals surface area contributed by atoms with Gasteiger partial charge >= 0.3 is 0 Å². The number of hydrogen-bond donors (Lipinski definition) is 3. The molecule has 0 spiro atoms. The number of benzene rings is 2. The molecule has 0 fully saturated rings. The van der Waals surface area contributed by atoms with Crippen LogP contribution in [0.25, 0.3) is 0 Å². The predicted octanol–water partition coefficient (Wildman–Crippen LogP) is 4.38. The molecule has 0 unspecified atom stereocenters. The fourth-order valence-corrected chi connectivity index (χ4v) is 3.07. The van der Waals surface area contributed by atoms with Gasteiger partial charge in [0.05, 0.1) is 0 Å². The first-order valence-electron chi connectivity index (χ1n) is 10.0. The highest BCUT2D eigenvalue weighted by Crippen LogP contribution is 2.15. The highest BCUT2D eigenvalue weighted by molar-refractivity contribution is 6.30. The molecule has 0 saturated carbocycles. The summed E-state index contributed by atoms with van der Waals surface area (Å²) in [5.41, 5.74) is 1.20. The fourth-order valence-electron chi connectivity index (χ4n) is 2.94. The van der Waals surface area contributed by atoms with Crippen molar-refractivity contribution in [3.05, 3.63) is 89.1 Å². The lowest BCUT2D eigenvalue weighted by Gasteiger charge is -2.22. The molecule has 0 aliphatic heterocycles. The standard InChI is InChI=1S/C24H23ClN4O3/c1-15(2)21(29-22(30)16-9-11-18(25)12-10-16)24(32)27-19-7-5-6-17(14-19)23(31)28-20-8-3-4-13-26-20/h3-15,21H,1-2H3,(H,27,32)(H,29,30)(H,26,28,31)/t21-/m1/s1. The third-order valence-electron chi connectivity index (χ3n) is 4.64. The second kappa shape index (κ2) is 10.5. The first-order valence-corrected chi connectivity index (χ1v) is 10.4. The van der Waals surface area contributed by atoms with Gasteiger partial charge in [-0.15, -0.1) is 0 Å². The van der Waals surface area contributed by atoms with Gasteiger partial charge in [-0.05, 0) is 60.5 Å². The van der Waals surface area contributed by atoms with E-state index in [1.165, 1.54) is 0 Å². The van der Waals surface area contributed by atoms with E-state index < -0.39 is 6.04 Å². The van der Waals surface area contributed by atoms with E-state index in [2.05, 4.69) is 20.9 Å². The monoisotopic (exact) mass is 450 g/mol. The van der Waals surface area contributed by atoms with E-state index in [-0.39, 0.29) is 23.6 Å². The summed E-state index contributed by atoms with van der Waals surface area (Å²) >= 11 is 5.87. The number of nitrogens with one attached hydrogen (secondary N) is 3. The number of amides is 3. The third kappa shape index (κ3) is 6.15. The number of anilines is 2. The first-order chi connectivity index (χ1) is 15.3. The minimum Gasteiger partial charge on any atom is -0.340 e. The number of pyridine rings is 1.